The van der Waals surface area contributed by atoms with Gasteiger partial charge in [-0.1, -0.05) is 106 Å². The van der Waals surface area contributed by atoms with Gasteiger partial charge in [-0.3, -0.25) is 9.59 Å². The lowest BCUT2D eigenvalue weighted by molar-refractivity contribution is -0.364. The topological polar surface area (TPSA) is 214 Å². The largest absolute Gasteiger partial charge is 0.463 e. The second kappa shape index (κ2) is 26.6. The molecule has 4 fully saturated rings. The van der Waals surface area contributed by atoms with Gasteiger partial charge in [-0.15, -0.1) is 6.58 Å². The fourth-order valence-corrected chi connectivity index (χ4v) is 9.69. The summed E-state index contributed by atoms with van der Waals surface area (Å²) in [5.41, 5.74) is 11.9. The van der Waals surface area contributed by atoms with Crippen molar-refractivity contribution in [1.29, 1.82) is 0 Å². The van der Waals surface area contributed by atoms with E-state index in [1.807, 2.05) is 101 Å². The molecule has 4 aliphatic rings. The summed E-state index contributed by atoms with van der Waals surface area (Å²) in [6.45, 7) is 20.6. The zero-order chi connectivity index (χ0) is 50.5. The van der Waals surface area contributed by atoms with Crippen molar-refractivity contribution >= 4 is 11.9 Å². The maximum Gasteiger partial charge on any atom is 0.302 e. The van der Waals surface area contributed by atoms with E-state index in [0.717, 1.165) is 24.0 Å². The number of carbonyl (C=O) groups is 2. The molecule has 0 aromatic heterocycles. The monoisotopic (exact) mass is 982 g/mol. The molecular formula is C52H75N3O15. The Hall–Kier alpha value is -4.01. The maximum atomic E-state index is 12.3. The zero-order valence-corrected chi connectivity index (χ0v) is 42.1. The number of carbonyl (C=O) groups excluding carboxylic acids is 2. The molecule has 388 valence electrons. The third-order valence-electron chi connectivity index (χ3n) is 14.0. The first kappa shape index (κ1) is 55.3. The lowest BCUT2D eigenvalue weighted by atomic mass is 9.84. The van der Waals surface area contributed by atoms with E-state index in [2.05, 4.69) is 23.5 Å². The molecule has 0 amide bonds. The van der Waals surface area contributed by atoms with Gasteiger partial charge in [-0.05, 0) is 55.2 Å². The molecule has 18 heteroatoms. The van der Waals surface area contributed by atoms with Crippen molar-refractivity contribution < 1.29 is 71.5 Å². The average Bonchev–Trinajstić information content (AvgIpc) is 3.34. The Morgan fingerprint density at radius 1 is 0.629 bits per heavy atom. The molecule has 0 radical (unpaired) electrons. The summed E-state index contributed by atoms with van der Waals surface area (Å²) >= 11 is 0. The van der Waals surface area contributed by atoms with E-state index in [-0.39, 0.29) is 38.3 Å². The van der Waals surface area contributed by atoms with E-state index in [4.69, 9.17) is 56.8 Å². The lowest BCUT2D eigenvalue weighted by Gasteiger charge is -2.51. The first-order chi connectivity index (χ1) is 33.6. The summed E-state index contributed by atoms with van der Waals surface area (Å²) in [6, 6.07) is 18.4. The summed E-state index contributed by atoms with van der Waals surface area (Å²) in [4.78, 5) is 27.6. The second-order valence-electron chi connectivity index (χ2n) is 19.2. The molecule has 2 aromatic carbocycles. The highest BCUT2D eigenvalue weighted by molar-refractivity contribution is 5.66. The standard InChI is InChI=1S/C52H75N3O15/c1-11-12-19-24-59-49-30(3)29(2)44(40(66-49)27-60-36(9)56)68-51-33(6)47(63-26-39-22-17-14-18-23-39)48(35(8)65-51)70-52-42(54-55-53)31(4)45(41(67-52)28-61-37(10)57)69-50-32(5)46(43(58)34(7)64-50)62-25-38-20-15-13-16-21-38/h11,13-18,20-23,29-35,40-52,58H,1,12,19,24-28H2,2-10H3/t29-,30?,31-,32?,33?,34?,35?,40?,41?,42?,43-,44+,45+,46+,47+,48-,49-,50+,51+,52-/m1/s1. The van der Waals surface area contributed by atoms with E-state index in [0.29, 0.717) is 6.61 Å². The fourth-order valence-electron chi connectivity index (χ4n) is 9.69. The minimum Gasteiger partial charge on any atom is -0.463 e. The average molecular weight is 982 g/mol. The SMILES string of the molecule is C=CCCCO[C@@H]1OC(COC(C)=O)[C@@H](O[C@@H]2OC(C)[C@@H](O[C@H]3OC(COC(C)=O)[C@@H](O[C@@H]4OC(C)[C@@H](O)[C@@H](OCc5ccccc5)C4C)[C@H](C)C3N=[N+]=[N-])[C@@H](OCc3ccccc3)C2C)[C@H](C)C1C. The van der Waals surface area contributed by atoms with Gasteiger partial charge in [0.15, 0.2) is 25.2 Å². The van der Waals surface area contributed by atoms with Gasteiger partial charge in [0.05, 0.1) is 62.5 Å². The molecule has 0 aliphatic carbocycles. The summed E-state index contributed by atoms with van der Waals surface area (Å²) in [6.07, 6.45) is -7.46. The van der Waals surface area contributed by atoms with Gasteiger partial charge >= 0.3 is 11.9 Å². The number of aliphatic hydroxyl groups is 1. The lowest BCUT2D eigenvalue weighted by Crippen LogP contribution is -2.63. The van der Waals surface area contributed by atoms with Crippen LogP contribution in [0.3, 0.4) is 0 Å². The quantitative estimate of drug-likeness (QED) is 0.0301. The maximum absolute atomic E-state index is 12.3. The molecule has 8 unspecified atom stereocenters. The van der Waals surface area contributed by atoms with E-state index in [9.17, 15) is 20.2 Å². The van der Waals surface area contributed by atoms with Crippen molar-refractivity contribution in [3.8, 4) is 0 Å². The number of benzene rings is 2. The highest BCUT2D eigenvalue weighted by Crippen LogP contribution is 2.42. The van der Waals surface area contributed by atoms with E-state index in [1.54, 1.807) is 6.92 Å². The number of unbranched alkanes of at least 4 members (excludes halogenated alkanes) is 1. The molecule has 4 heterocycles. The molecule has 0 bridgehead atoms. The van der Waals surface area contributed by atoms with Gasteiger partial charge in [0.1, 0.15) is 37.6 Å². The van der Waals surface area contributed by atoms with E-state index in [1.165, 1.54) is 13.8 Å². The summed E-state index contributed by atoms with van der Waals surface area (Å²) in [7, 11) is 0. The van der Waals surface area contributed by atoms with Gasteiger partial charge in [-0.25, -0.2) is 0 Å². The highest BCUT2D eigenvalue weighted by Gasteiger charge is 2.54. The fraction of sp³-hybridized carbons (Fsp3) is 0.692. The first-order valence-corrected chi connectivity index (χ1v) is 24.7. The van der Waals surface area contributed by atoms with Crippen LogP contribution in [0.4, 0.5) is 0 Å². The van der Waals surface area contributed by atoms with Gasteiger partial charge in [0.2, 0.25) is 0 Å². The summed E-state index contributed by atoms with van der Waals surface area (Å²) < 4.78 is 77.1. The molecule has 1 N–H and O–H groups in total. The number of azide groups is 1. The normalized spacial score (nSPS) is 37.7. The zero-order valence-electron chi connectivity index (χ0n) is 42.1. The van der Waals surface area contributed by atoms with Crippen molar-refractivity contribution in [3.63, 3.8) is 0 Å². The Bertz CT molecular complexity index is 1980. The van der Waals surface area contributed by atoms with Crippen LogP contribution in [0.25, 0.3) is 10.4 Å². The minimum absolute atomic E-state index is 0.0491. The van der Waals surface area contributed by atoms with E-state index < -0.39 is 122 Å². The second-order valence-corrected chi connectivity index (χ2v) is 19.2. The van der Waals surface area contributed by atoms with Crippen molar-refractivity contribution in [2.45, 2.75) is 181 Å². The first-order valence-electron chi connectivity index (χ1n) is 24.7. The van der Waals surface area contributed by atoms with Crippen LogP contribution in [0.5, 0.6) is 0 Å². The third-order valence-corrected chi connectivity index (χ3v) is 14.0. The number of ether oxygens (including phenoxy) is 12. The number of hydrogen-bond acceptors (Lipinski definition) is 16. The summed E-state index contributed by atoms with van der Waals surface area (Å²) in [5, 5.41) is 15.4. The van der Waals surface area contributed by atoms with E-state index >= 15 is 0 Å². The molecule has 0 saturated carbocycles. The number of nitrogens with zero attached hydrogens (tertiary/aromatic N) is 3. The molecule has 6 rings (SSSR count). The van der Waals surface area contributed by atoms with Crippen LogP contribution < -0.4 is 0 Å². The number of allylic oxidation sites excluding steroid dienone is 1. The molecular weight excluding hydrogens is 907 g/mol. The molecule has 2 aromatic rings. The Balaban J connectivity index is 1.24. The number of hydrogen-bond donors (Lipinski definition) is 1. The Labute approximate surface area is 412 Å². The number of aliphatic hydroxyl groups excluding tert-OH is 1. The van der Waals surface area contributed by atoms with Crippen LogP contribution >= 0.6 is 0 Å². The van der Waals surface area contributed by atoms with Crippen LogP contribution in [0, 0.1) is 29.6 Å². The predicted molar refractivity (Wildman–Crippen MR) is 254 cm³/mol. The number of esters is 2. The summed E-state index contributed by atoms with van der Waals surface area (Å²) in [5.74, 6) is -2.71. The van der Waals surface area contributed by atoms with Gasteiger partial charge < -0.3 is 61.9 Å². The van der Waals surface area contributed by atoms with Crippen molar-refractivity contribution in [2.24, 2.45) is 34.7 Å². The van der Waals surface area contributed by atoms with Gasteiger partial charge in [0, 0.05) is 36.5 Å². The van der Waals surface area contributed by atoms with Crippen molar-refractivity contribution in [1.82, 2.24) is 0 Å². The molecule has 20 atom stereocenters. The van der Waals surface area contributed by atoms with Crippen LogP contribution in [0.2, 0.25) is 0 Å². The molecule has 4 aliphatic heterocycles. The highest BCUT2D eigenvalue weighted by atomic mass is 16.8. The van der Waals surface area contributed by atoms with Crippen LogP contribution in [0.15, 0.2) is 78.4 Å². The predicted octanol–water partition coefficient (Wildman–Crippen LogP) is 7.58. The smallest absolute Gasteiger partial charge is 0.302 e. The molecule has 70 heavy (non-hydrogen) atoms. The van der Waals surface area contributed by atoms with Crippen molar-refractivity contribution in [2.75, 3.05) is 19.8 Å². The number of rotatable bonds is 22. The third kappa shape index (κ3) is 14.4. The molecule has 4 saturated heterocycles. The molecule has 0 spiro atoms. The van der Waals surface area contributed by atoms with Crippen LogP contribution in [-0.2, 0) is 79.6 Å². The Kier molecular flexibility index (Phi) is 21.0. The van der Waals surface area contributed by atoms with Gasteiger partial charge in [-0.2, -0.15) is 0 Å². The van der Waals surface area contributed by atoms with Crippen molar-refractivity contribution in [3.05, 3.63) is 94.9 Å². The molecule has 18 nitrogen and oxygen atoms in total. The van der Waals surface area contributed by atoms with Gasteiger partial charge in [0.25, 0.3) is 0 Å². The Morgan fingerprint density at radius 2 is 1.13 bits per heavy atom. The van der Waals surface area contributed by atoms with Crippen LogP contribution in [0.1, 0.15) is 86.3 Å². The Morgan fingerprint density at radius 3 is 1.67 bits per heavy atom. The minimum atomic E-state index is -1.19. The van der Waals surface area contributed by atoms with Crippen LogP contribution in [-0.4, -0.2) is 129 Å².